The van der Waals surface area contributed by atoms with E-state index in [9.17, 15) is 9.59 Å². The standard InChI is InChI=1S/C25H20N2O5S/c1-30-21-12-16-15-6-2-4-8-19(15)32-20(16)13-18(21)26-23(28)14-31-25(29)11-10-24-27-17-7-3-5-9-22(17)33-24/h2-9,12-13H,10-11,14H2,1H3,(H,26,28). The van der Waals surface area contributed by atoms with Gasteiger partial charge in [0.1, 0.15) is 16.9 Å². The number of amides is 1. The van der Waals surface area contributed by atoms with Crippen molar-refractivity contribution in [2.45, 2.75) is 12.8 Å². The van der Waals surface area contributed by atoms with Crippen LogP contribution in [0.15, 0.2) is 65.1 Å². The first-order chi connectivity index (χ1) is 16.1. The molecule has 5 aromatic rings. The van der Waals surface area contributed by atoms with E-state index in [2.05, 4.69) is 10.3 Å². The number of nitrogens with one attached hydrogen (secondary N) is 1. The van der Waals surface area contributed by atoms with Crippen LogP contribution in [-0.4, -0.2) is 30.6 Å². The molecule has 0 fully saturated rings. The molecule has 0 spiro atoms. The number of anilines is 1. The van der Waals surface area contributed by atoms with Crippen LogP contribution >= 0.6 is 11.3 Å². The molecule has 33 heavy (non-hydrogen) atoms. The predicted octanol–water partition coefficient (Wildman–Crippen LogP) is 5.32. The summed E-state index contributed by atoms with van der Waals surface area (Å²) in [5.74, 6) is -0.425. The lowest BCUT2D eigenvalue weighted by Gasteiger charge is -2.10. The molecule has 8 heteroatoms. The highest BCUT2D eigenvalue weighted by atomic mass is 32.1. The number of benzene rings is 3. The van der Waals surface area contributed by atoms with Gasteiger partial charge in [-0.15, -0.1) is 11.3 Å². The second-order valence-electron chi connectivity index (χ2n) is 7.43. The van der Waals surface area contributed by atoms with Crippen molar-refractivity contribution in [3.8, 4) is 5.75 Å². The fourth-order valence-electron chi connectivity index (χ4n) is 3.66. The summed E-state index contributed by atoms with van der Waals surface area (Å²) in [5, 5.41) is 5.45. The number of hydrogen-bond donors (Lipinski definition) is 1. The number of rotatable bonds is 7. The van der Waals surface area contributed by atoms with Crippen molar-refractivity contribution in [3.05, 3.63) is 65.7 Å². The third-order valence-electron chi connectivity index (χ3n) is 5.22. The van der Waals surface area contributed by atoms with Crippen molar-refractivity contribution in [2.75, 3.05) is 19.0 Å². The lowest BCUT2D eigenvalue weighted by atomic mass is 10.1. The number of nitrogens with zero attached hydrogens (tertiary/aromatic N) is 1. The van der Waals surface area contributed by atoms with Gasteiger partial charge in [-0.1, -0.05) is 30.3 Å². The number of aryl methyl sites for hydroxylation is 1. The summed E-state index contributed by atoms with van der Waals surface area (Å²) in [6, 6.07) is 19.0. The van der Waals surface area contributed by atoms with Crippen LogP contribution in [0.5, 0.6) is 5.75 Å². The number of carbonyl (C=O) groups excluding carboxylic acids is 2. The lowest BCUT2D eigenvalue weighted by Crippen LogP contribution is -2.21. The highest BCUT2D eigenvalue weighted by molar-refractivity contribution is 7.18. The molecular weight excluding hydrogens is 440 g/mol. The maximum Gasteiger partial charge on any atom is 0.306 e. The first kappa shape index (κ1) is 21.0. The highest BCUT2D eigenvalue weighted by Crippen LogP contribution is 2.36. The smallest absolute Gasteiger partial charge is 0.306 e. The largest absolute Gasteiger partial charge is 0.495 e. The lowest BCUT2D eigenvalue weighted by molar-refractivity contribution is -0.147. The SMILES string of the molecule is COc1cc2c(cc1NC(=O)COC(=O)CCc1nc3ccccc3s1)oc1ccccc12. The van der Waals surface area contributed by atoms with Gasteiger partial charge in [-0.3, -0.25) is 9.59 Å². The van der Waals surface area contributed by atoms with Crippen molar-refractivity contribution in [2.24, 2.45) is 0 Å². The van der Waals surface area contributed by atoms with Crippen molar-refractivity contribution < 1.29 is 23.5 Å². The van der Waals surface area contributed by atoms with Crippen molar-refractivity contribution in [1.29, 1.82) is 0 Å². The van der Waals surface area contributed by atoms with E-state index in [4.69, 9.17) is 13.9 Å². The fraction of sp³-hybridized carbons (Fsp3) is 0.160. The molecule has 0 radical (unpaired) electrons. The molecule has 0 aliphatic carbocycles. The molecule has 166 valence electrons. The van der Waals surface area contributed by atoms with Gasteiger partial charge >= 0.3 is 5.97 Å². The van der Waals surface area contributed by atoms with Crippen molar-refractivity contribution >= 4 is 61.1 Å². The average molecular weight is 461 g/mol. The molecule has 0 aliphatic rings. The number of carbonyl (C=O) groups is 2. The second kappa shape index (κ2) is 8.91. The first-order valence-corrected chi connectivity index (χ1v) is 11.2. The molecule has 0 saturated carbocycles. The van der Waals surface area contributed by atoms with E-state index < -0.39 is 11.9 Å². The molecule has 7 nitrogen and oxygen atoms in total. The second-order valence-corrected chi connectivity index (χ2v) is 8.55. The molecule has 3 aromatic carbocycles. The van der Waals surface area contributed by atoms with E-state index in [0.717, 1.165) is 31.6 Å². The summed E-state index contributed by atoms with van der Waals surface area (Å²) in [4.78, 5) is 29.0. The minimum Gasteiger partial charge on any atom is -0.495 e. The van der Waals surface area contributed by atoms with Crippen LogP contribution in [0.1, 0.15) is 11.4 Å². The Bertz CT molecular complexity index is 1450. The molecule has 1 N–H and O–H groups in total. The molecular formula is C25H20N2O5S. The summed E-state index contributed by atoms with van der Waals surface area (Å²) in [6.45, 7) is -0.389. The summed E-state index contributed by atoms with van der Waals surface area (Å²) in [7, 11) is 1.53. The van der Waals surface area contributed by atoms with E-state index in [1.165, 1.54) is 7.11 Å². The molecule has 0 atom stereocenters. The zero-order valence-electron chi connectivity index (χ0n) is 17.8. The van der Waals surface area contributed by atoms with Crippen LogP contribution < -0.4 is 10.1 Å². The number of para-hydroxylation sites is 2. The normalized spacial score (nSPS) is 11.2. The third kappa shape index (κ3) is 4.38. The van der Waals surface area contributed by atoms with E-state index in [1.807, 2.05) is 54.6 Å². The zero-order chi connectivity index (χ0) is 22.8. The van der Waals surface area contributed by atoms with E-state index in [0.29, 0.717) is 23.4 Å². The Morgan fingerprint density at radius 3 is 2.70 bits per heavy atom. The van der Waals surface area contributed by atoms with Crippen LogP contribution in [0.2, 0.25) is 0 Å². The van der Waals surface area contributed by atoms with Gasteiger partial charge < -0.3 is 19.2 Å². The van der Waals surface area contributed by atoms with Crippen molar-refractivity contribution in [3.63, 3.8) is 0 Å². The monoisotopic (exact) mass is 460 g/mol. The Morgan fingerprint density at radius 1 is 1.03 bits per heavy atom. The van der Waals surface area contributed by atoms with Gasteiger partial charge in [-0.2, -0.15) is 0 Å². The first-order valence-electron chi connectivity index (χ1n) is 10.4. The van der Waals surface area contributed by atoms with Crippen molar-refractivity contribution in [1.82, 2.24) is 4.98 Å². The quantitative estimate of drug-likeness (QED) is 0.331. The van der Waals surface area contributed by atoms with Crippen LogP contribution in [0.25, 0.3) is 32.2 Å². The number of hydrogen-bond acceptors (Lipinski definition) is 7. The molecule has 0 bridgehead atoms. The number of thiazole rings is 1. The third-order valence-corrected chi connectivity index (χ3v) is 6.31. The van der Waals surface area contributed by atoms with Gasteiger partial charge in [0, 0.05) is 23.3 Å². The number of ether oxygens (including phenoxy) is 2. The predicted molar refractivity (Wildman–Crippen MR) is 128 cm³/mol. The number of esters is 1. The average Bonchev–Trinajstić information content (AvgIpc) is 3.41. The molecule has 0 saturated heterocycles. The van der Waals surface area contributed by atoms with Crippen LogP contribution in [0, 0.1) is 0 Å². The molecule has 2 heterocycles. The Labute approximate surface area is 192 Å². The van der Waals surface area contributed by atoms with Gasteiger partial charge in [0.2, 0.25) is 0 Å². The van der Waals surface area contributed by atoms with Gasteiger partial charge in [-0.05, 0) is 24.3 Å². The summed E-state index contributed by atoms with van der Waals surface area (Å²) in [6.07, 6.45) is 0.623. The number of furan rings is 1. The van der Waals surface area contributed by atoms with E-state index >= 15 is 0 Å². The molecule has 0 unspecified atom stereocenters. The topological polar surface area (TPSA) is 90.7 Å². The summed E-state index contributed by atoms with van der Waals surface area (Å²) in [5.41, 5.74) is 2.74. The Hall–Kier alpha value is -3.91. The minimum atomic E-state index is -0.461. The fourth-order valence-corrected chi connectivity index (χ4v) is 4.63. The summed E-state index contributed by atoms with van der Waals surface area (Å²) >= 11 is 1.55. The van der Waals surface area contributed by atoms with E-state index in [1.54, 1.807) is 17.4 Å². The summed E-state index contributed by atoms with van der Waals surface area (Å²) < 4.78 is 17.5. The number of methoxy groups -OCH3 is 1. The van der Waals surface area contributed by atoms with Crippen LogP contribution in [0.4, 0.5) is 5.69 Å². The van der Waals surface area contributed by atoms with Crippen LogP contribution in [-0.2, 0) is 20.7 Å². The van der Waals surface area contributed by atoms with Gasteiger partial charge in [-0.25, -0.2) is 4.98 Å². The van der Waals surface area contributed by atoms with E-state index in [-0.39, 0.29) is 13.0 Å². The molecule has 1 amide bonds. The highest BCUT2D eigenvalue weighted by Gasteiger charge is 2.15. The zero-order valence-corrected chi connectivity index (χ0v) is 18.6. The Balaban J connectivity index is 1.20. The Kier molecular flexibility index (Phi) is 5.66. The number of fused-ring (bicyclic) bond motifs is 4. The maximum atomic E-state index is 12.4. The number of aromatic nitrogens is 1. The Morgan fingerprint density at radius 2 is 1.85 bits per heavy atom. The molecule has 2 aromatic heterocycles. The molecule has 0 aliphatic heterocycles. The van der Waals surface area contributed by atoms with Gasteiger partial charge in [0.25, 0.3) is 5.91 Å². The minimum absolute atomic E-state index is 0.154. The van der Waals surface area contributed by atoms with Gasteiger partial charge in [0.15, 0.2) is 6.61 Å². The van der Waals surface area contributed by atoms with Gasteiger partial charge in [0.05, 0.1) is 34.4 Å². The maximum absolute atomic E-state index is 12.4. The van der Waals surface area contributed by atoms with Crippen LogP contribution in [0.3, 0.4) is 0 Å². The molecule has 5 rings (SSSR count).